The fraction of sp³-hybridized carbons (Fsp3) is 0.100. The number of para-hydroxylation sites is 1. The lowest BCUT2D eigenvalue weighted by Gasteiger charge is -2.16. The second kappa shape index (κ2) is 7.45. The lowest BCUT2D eigenvalue weighted by atomic mass is 10.2. The molecule has 0 radical (unpaired) electrons. The molecule has 0 bridgehead atoms. The molecule has 28 heavy (non-hydrogen) atoms. The molecule has 4 aromatic rings. The summed E-state index contributed by atoms with van der Waals surface area (Å²) in [6.07, 6.45) is 1.67. The third-order valence-electron chi connectivity index (χ3n) is 4.34. The first-order valence-corrected chi connectivity index (χ1v) is 8.65. The number of aromatic amines is 1. The third-order valence-corrected chi connectivity index (χ3v) is 4.34. The van der Waals surface area contributed by atoms with Crippen LogP contribution in [0.15, 0.2) is 60.8 Å². The standard InChI is InChI=1S/C20H17N5O3/c26-11-18(20(28)22-14-7-5-13-10-21-25-17(13)9-14)24-19(27)16-8-6-12-3-1-2-4-15(12)23-16/h1-10,18,26H,11H2,(H,21,25)(H,22,28)(H,24,27)/t18-/m0/s1. The Labute approximate surface area is 159 Å². The molecule has 0 unspecified atom stereocenters. The second-order valence-corrected chi connectivity index (χ2v) is 6.26. The Balaban J connectivity index is 1.47. The summed E-state index contributed by atoms with van der Waals surface area (Å²) in [5, 5.41) is 23.3. The fourth-order valence-electron chi connectivity index (χ4n) is 2.86. The zero-order valence-electron chi connectivity index (χ0n) is 14.7. The average molecular weight is 375 g/mol. The smallest absolute Gasteiger partial charge is 0.270 e. The number of rotatable bonds is 5. The van der Waals surface area contributed by atoms with Crippen LogP contribution in [0.1, 0.15) is 10.5 Å². The van der Waals surface area contributed by atoms with Crippen molar-refractivity contribution < 1.29 is 14.7 Å². The lowest BCUT2D eigenvalue weighted by Crippen LogP contribution is -2.46. The number of benzene rings is 2. The number of carbonyl (C=O) groups is 2. The highest BCUT2D eigenvalue weighted by Crippen LogP contribution is 2.17. The molecule has 0 saturated heterocycles. The summed E-state index contributed by atoms with van der Waals surface area (Å²) in [5.41, 5.74) is 2.14. The van der Waals surface area contributed by atoms with Crippen LogP contribution in [0, 0.1) is 0 Å². The third kappa shape index (κ3) is 3.53. The molecule has 0 saturated carbocycles. The molecule has 0 aliphatic carbocycles. The quantitative estimate of drug-likeness (QED) is 0.424. The van der Waals surface area contributed by atoms with E-state index in [1.807, 2.05) is 18.2 Å². The highest BCUT2D eigenvalue weighted by molar-refractivity contribution is 6.02. The van der Waals surface area contributed by atoms with E-state index in [1.165, 1.54) is 0 Å². The Morgan fingerprint density at radius 1 is 1.07 bits per heavy atom. The van der Waals surface area contributed by atoms with Crippen molar-refractivity contribution in [3.8, 4) is 0 Å². The topological polar surface area (TPSA) is 120 Å². The normalized spacial score (nSPS) is 12.0. The predicted octanol–water partition coefficient (Wildman–Crippen LogP) is 1.84. The van der Waals surface area contributed by atoms with Gasteiger partial charge in [0.25, 0.3) is 5.91 Å². The van der Waals surface area contributed by atoms with E-state index in [0.29, 0.717) is 11.2 Å². The van der Waals surface area contributed by atoms with Gasteiger partial charge in [-0.25, -0.2) is 4.98 Å². The number of fused-ring (bicyclic) bond motifs is 2. The van der Waals surface area contributed by atoms with Gasteiger partial charge in [0.15, 0.2) is 0 Å². The van der Waals surface area contributed by atoms with Crippen molar-refractivity contribution in [3.05, 3.63) is 66.5 Å². The van der Waals surface area contributed by atoms with Crippen LogP contribution in [0.25, 0.3) is 21.8 Å². The lowest BCUT2D eigenvalue weighted by molar-refractivity contribution is -0.118. The molecule has 0 aliphatic rings. The zero-order chi connectivity index (χ0) is 19.5. The van der Waals surface area contributed by atoms with E-state index in [-0.39, 0.29) is 5.69 Å². The molecular weight excluding hydrogens is 358 g/mol. The van der Waals surface area contributed by atoms with Gasteiger partial charge in [0, 0.05) is 16.5 Å². The molecule has 2 aromatic carbocycles. The number of anilines is 1. The van der Waals surface area contributed by atoms with Crippen molar-refractivity contribution in [2.24, 2.45) is 0 Å². The Morgan fingerprint density at radius 3 is 2.75 bits per heavy atom. The van der Waals surface area contributed by atoms with E-state index >= 15 is 0 Å². The molecule has 140 valence electrons. The molecule has 8 nitrogen and oxygen atoms in total. The molecule has 1 atom stereocenters. The Bertz CT molecular complexity index is 1170. The number of nitrogens with one attached hydrogen (secondary N) is 3. The van der Waals surface area contributed by atoms with Crippen LogP contribution >= 0.6 is 0 Å². The number of aliphatic hydroxyl groups is 1. The fourth-order valence-corrected chi connectivity index (χ4v) is 2.86. The van der Waals surface area contributed by atoms with Crippen molar-refractivity contribution in [2.45, 2.75) is 6.04 Å². The summed E-state index contributed by atoms with van der Waals surface area (Å²) in [7, 11) is 0. The van der Waals surface area contributed by atoms with Crippen LogP contribution < -0.4 is 10.6 Å². The summed E-state index contributed by atoms with van der Waals surface area (Å²) in [4.78, 5) is 29.2. The first kappa shape index (κ1) is 17.6. The number of H-pyrrole nitrogens is 1. The van der Waals surface area contributed by atoms with E-state index in [4.69, 9.17) is 0 Å². The Morgan fingerprint density at radius 2 is 1.89 bits per heavy atom. The van der Waals surface area contributed by atoms with Crippen LogP contribution in [0.5, 0.6) is 0 Å². The summed E-state index contributed by atoms with van der Waals surface area (Å²) in [6, 6.07) is 14.9. The van der Waals surface area contributed by atoms with Crippen LogP contribution in [-0.2, 0) is 4.79 Å². The number of amides is 2. The van der Waals surface area contributed by atoms with Gasteiger partial charge in [-0.3, -0.25) is 14.7 Å². The van der Waals surface area contributed by atoms with E-state index in [1.54, 1.807) is 42.6 Å². The predicted molar refractivity (Wildman–Crippen MR) is 105 cm³/mol. The molecule has 2 aromatic heterocycles. The number of aliphatic hydroxyl groups excluding tert-OH is 1. The first-order chi connectivity index (χ1) is 13.6. The van der Waals surface area contributed by atoms with Crippen molar-refractivity contribution in [2.75, 3.05) is 11.9 Å². The van der Waals surface area contributed by atoms with E-state index in [2.05, 4.69) is 25.8 Å². The minimum atomic E-state index is -1.11. The molecule has 0 fully saturated rings. The van der Waals surface area contributed by atoms with Crippen LogP contribution in [0.4, 0.5) is 5.69 Å². The van der Waals surface area contributed by atoms with Gasteiger partial charge in [-0.2, -0.15) is 5.10 Å². The SMILES string of the molecule is O=C(N[C@@H](CO)C(=O)Nc1ccc2cn[nH]c2c1)c1ccc2ccccc2n1. The highest BCUT2D eigenvalue weighted by atomic mass is 16.3. The van der Waals surface area contributed by atoms with Gasteiger partial charge in [-0.05, 0) is 30.3 Å². The van der Waals surface area contributed by atoms with Crippen molar-refractivity contribution in [1.82, 2.24) is 20.5 Å². The monoisotopic (exact) mass is 375 g/mol. The molecule has 4 N–H and O–H groups in total. The molecule has 0 aliphatic heterocycles. The van der Waals surface area contributed by atoms with Crippen LogP contribution in [-0.4, -0.2) is 44.8 Å². The minimum Gasteiger partial charge on any atom is -0.394 e. The van der Waals surface area contributed by atoms with Gasteiger partial charge in [0.2, 0.25) is 5.91 Å². The molecule has 2 heterocycles. The number of hydrogen-bond donors (Lipinski definition) is 4. The van der Waals surface area contributed by atoms with Gasteiger partial charge in [0.05, 0.1) is 23.8 Å². The summed E-state index contributed by atoms with van der Waals surface area (Å²) >= 11 is 0. The summed E-state index contributed by atoms with van der Waals surface area (Å²) < 4.78 is 0. The maximum absolute atomic E-state index is 12.5. The Kier molecular flexibility index (Phi) is 4.69. The first-order valence-electron chi connectivity index (χ1n) is 8.65. The summed E-state index contributed by atoms with van der Waals surface area (Å²) in [5.74, 6) is -1.07. The molecule has 0 spiro atoms. The minimum absolute atomic E-state index is 0.170. The van der Waals surface area contributed by atoms with Crippen LogP contribution in [0.3, 0.4) is 0 Å². The van der Waals surface area contributed by atoms with E-state index in [9.17, 15) is 14.7 Å². The van der Waals surface area contributed by atoms with E-state index in [0.717, 1.165) is 16.3 Å². The van der Waals surface area contributed by atoms with Crippen molar-refractivity contribution in [1.29, 1.82) is 0 Å². The second-order valence-electron chi connectivity index (χ2n) is 6.26. The van der Waals surface area contributed by atoms with Crippen molar-refractivity contribution in [3.63, 3.8) is 0 Å². The van der Waals surface area contributed by atoms with Gasteiger partial charge in [-0.1, -0.05) is 24.3 Å². The number of nitrogens with zero attached hydrogens (tertiary/aromatic N) is 2. The van der Waals surface area contributed by atoms with Crippen molar-refractivity contribution >= 4 is 39.3 Å². The Hall–Kier alpha value is -3.78. The van der Waals surface area contributed by atoms with Gasteiger partial charge in [-0.15, -0.1) is 0 Å². The summed E-state index contributed by atoms with van der Waals surface area (Å²) in [6.45, 7) is -0.544. The number of pyridine rings is 1. The average Bonchev–Trinajstić information content (AvgIpc) is 3.19. The highest BCUT2D eigenvalue weighted by Gasteiger charge is 2.21. The zero-order valence-corrected chi connectivity index (χ0v) is 14.7. The molecule has 2 amide bonds. The van der Waals surface area contributed by atoms with Gasteiger partial charge < -0.3 is 15.7 Å². The van der Waals surface area contributed by atoms with Crippen LogP contribution in [0.2, 0.25) is 0 Å². The van der Waals surface area contributed by atoms with Gasteiger partial charge in [0.1, 0.15) is 11.7 Å². The maximum atomic E-state index is 12.5. The number of carbonyl (C=O) groups excluding carboxylic acids is 2. The largest absolute Gasteiger partial charge is 0.394 e. The number of aromatic nitrogens is 3. The molecular formula is C20H17N5O3. The van der Waals surface area contributed by atoms with Gasteiger partial charge >= 0.3 is 0 Å². The molecule has 8 heteroatoms. The van der Waals surface area contributed by atoms with E-state index < -0.39 is 24.5 Å². The molecule has 4 rings (SSSR count). The number of hydrogen-bond acceptors (Lipinski definition) is 5. The maximum Gasteiger partial charge on any atom is 0.270 e.